The van der Waals surface area contributed by atoms with Gasteiger partial charge in [-0.1, -0.05) is 0 Å². The summed E-state index contributed by atoms with van der Waals surface area (Å²) in [6, 6.07) is 0. The highest BCUT2D eigenvalue weighted by Gasteiger charge is 1.92. The van der Waals surface area contributed by atoms with Gasteiger partial charge >= 0.3 is 0 Å². The summed E-state index contributed by atoms with van der Waals surface area (Å²) in [5, 5.41) is 3.31. The molecular formula is C13H30N2O4. The first-order valence-electron chi connectivity index (χ1n) is 6.85. The van der Waals surface area contributed by atoms with E-state index in [2.05, 4.69) is 24.3 Å². The summed E-state index contributed by atoms with van der Waals surface area (Å²) in [5.41, 5.74) is 0. The minimum absolute atomic E-state index is 0.605. The number of hydrogen-bond acceptors (Lipinski definition) is 6. The van der Waals surface area contributed by atoms with Gasteiger partial charge in [-0.2, -0.15) is 0 Å². The molecule has 0 saturated heterocycles. The molecule has 0 fully saturated rings. The number of nitrogens with zero attached hydrogens (tertiary/aromatic N) is 1. The molecule has 0 spiro atoms. The van der Waals surface area contributed by atoms with Crippen LogP contribution in [0, 0.1) is 0 Å². The zero-order valence-electron chi connectivity index (χ0n) is 12.7. The van der Waals surface area contributed by atoms with E-state index in [1.54, 1.807) is 7.11 Å². The molecule has 0 atom stereocenters. The molecule has 0 saturated carbocycles. The smallest absolute Gasteiger partial charge is 0.0701 e. The van der Waals surface area contributed by atoms with E-state index in [-0.39, 0.29) is 0 Å². The fraction of sp³-hybridized carbons (Fsp3) is 1.00. The molecule has 0 heterocycles. The van der Waals surface area contributed by atoms with Crippen LogP contribution in [0.2, 0.25) is 0 Å². The summed E-state index contributed by atoms with van der Waals surface area (Å²) < 4.78 is 20.9. The fourth-order valence-corrected chi connectivity index (χ4v) is 1.26. The van der Waals surface area contributed by atoms with Crippen LogP contribution in [0.1, 0.15) is 0 Å². The van der Waals surface area contributed by atoms with E-state index in [1.807, 2.05) is 0 Å². The second-order valence-electron chi connectivity index (χ2n) is 4.38. The van der Waals surface area contributed by atoms with E-state index in [1.165, 1.54) is 0 Å². The molecule has 0 aromatic carbocycles. The van der Waals surface area contributed by atoms with Crippen LogP contribution < -0.4 is 5.32 Å². The Morgan fingerprint density at radius 2 is 1.26 bits per heavy atom. The molecule has 0 aliphatic rings. The first kappa shape index (κ1) is 18.8. The maximum absolute atomic E-state index is 5.42. The zero-order valence-corrected chi connectivity index (χ0v) is 12.7. The average molecular weight is 278 g/mol. The van der Waals surface area contributed by atoms with Crippen molar-refractivity contribution in [2.45, 2.75) is 0 Å². The molecule has 0 radical (unpaired) electrons. The Morgan fingerprint density at radius 3 is 1.79 bits per heavy atom. The van der Waals surface area contributed by atoms with Gasteiger partial charge in [0.2, 0.25) is 0 Å². The third-order valence-electron chi connectivity index (χ3n) is 2.33. The normalized spacial score (nSPS) is 11.4. The van der Waals surface area contributed by atoms with Gasteiger partial charge in [0.15, 0.2) is 0 Å². The second-order valence-corrected chi connectivity index (χ2v) is 4.38. The second kappa shape index (κ2) is 15.8. The van der Waals surface area contributed by atoms with Crippen LogP contribution in [0.5, 0.6) is 0 Å². The van der Waals surface area contributed by atoms with Crippen molar-refractivity contribution in [1.82, 2.24) is 10.2 Å². The van der Waals surface area contributed by atoms with Gasteiger partial charge < -0.3 is 29.2 Å². The number of methoxy groups -OCH3 is 1. The standard InChI is InChI=1S/C13H30N2O4/c1-15(2)6-4-14-5-7-17-10-11-19-13-12-18-9-8-16-3/h14H,4-13H2,1-3H3. The first-order chi connectivity index (χ1) is 9.27. The largest absolute Gasteiger partial charge is 0.382 e. The maximum atomic E-state index is 5.42. The van der Waals surface area contributed by atoms with Crippen LogP contribution in [0.25, 0.3) is 0 Å². The summed E-state index contributed by atoms with van der Waals surface area (Å²) in [4.78, 5) is 2.15. The third kappa shape index (κ3) is 17.8. The van der Waals surface area contributed by atoms with Crippen LogP contribution in [-0.2, 0) is 18.9 Å². The molecule has 116 valence electrons. The zero-order chi connectivity index (χ0) is 14.2. The number of rotatable bonds is 15. The van der Waals surface area contributed by atoms with Crippen molar-refractivity contribution in [3.8, 4) is 0 Å². The molecule has 0 amide bonds. The molecule has 0 aromatic heterocycles. The minimum Gasteiger partial charge on any atom is -0.382 e. The van der Waals surface area contributed by atoms with Gasteiger partial charge in [0, 0.05) is 26.7 Å². The van der Waals surface area contributed by atoms with Crippen molar-refractivity contribution < 1.29 is 18.9 Å². The molecule has 0 aliphatic heterocycles. The van der Waals surface area contributed by atoms with Crippen LogP contribution in [0.15, 0.2) is 0 Å². The molecule has 19 heavy (non-hydrogen) atoms. The SMILES string of the molecule is COCCOCCOCCOCCNCCN(C)C. The van der Waals surface area contributed by atoms with Gasteiger partial charge in [-0.3, -0.25) is 0 Å². The number of nitrogens with one attached hydrogen (secondary N) is 1. The third-order valence-corrected chi connectivity index (χ3v) is 2.33. The van der Waals surface area contributed by atoms with Crippen LogP contribution in [0.3, 0.4) is 0 Å². The highest BCUT2D eigenvalue weighted by atomic mass is 16.6. The van der Waals surface area contributed by atoms with Crippen LogP contribution >= 0.6 is 0 Å². The van der Waals surface area contributed by atoms with E-state index in [4.69, 9.17) is 18.9 Å². The highest BCUT2D eigenvalue weighted by molar-refractivity contribution is 4.49. The molecule has 6 heteroatoms. The number of likely N-dealkylation sites (N-methyl/N-ethyl adjacent to an activating group) is 1. The van der Waals surface area contributed by atoms with Gasteiger partial charge in [0.25, 0.3) is 0 Å². The molecule has 0 unspecified atom stereocenters. The fourth-order valence-electron chi connectivity index (χ4n) is 1.26. The summed E-state index contributed by atoms with van der Waals surface area (Å²) in [6.07, 6.45) is 0. The molecular weight excluding hydrogens is 248 g/mol. The number of hydrogen-bond donors (Lipinski definition) is 1. The summed E-state index contributed by atoms with van der Waals surface area (Å²) in [5.74, 6) is 0. The van der Waals surface area contributed by atoms with Crippen molar-refractivity contribution in [3.05, 3.63) is 0 Å². The Labute approximate surface area is 117 Å². The molecule has 1 N–H and O–H groups in total. The lowest BCUT2D eigenvalue weighted by molar-refractivity contribution is 0.00410. The molecule has 0 bridgehead atoms. The van der Waals surface area contributed by atoms with Crippen molar-refractivity contribution in [2.75, 3.05) is 87.1 Å². The van der Waals surface area contributed by atoms with Crippen LogP contribution in [-0.4, -0.2) is 92.0 Å². The van der Waals surface area contributed by atoms with Gasteiger partial charge in [-0.25, -0.2) is 0 Å². The van der Waals surface area contributed by atoms with Crippen LogP contribution in [0.4, 0.5) is 0 Å². The van der Waals surface area contributed by atoms with E-state index < -0.39 is 0 Å². The number of ether oxygens (including phenoxy) is 4. The Balaban J connectivity index is 2.91. The first-order valence-corrected chi connectivity index (χ1v) is 6.85. The van der Waals surface area contributed by atoms with Gasteiger partial charge in [-0.05, 0) is 14.1 Å². The summed E-state index contributed by atoms with van der Waals surface area (Å²) in [7, 11) is 5.79. The van der Waals surface area contributed by atoms with Crippen molar-refractivity contribution in [1.29, 1.82) is 0 Å². The summed E-state index contributed by atoms with van der Waals surface area (Å²) >= 11 is 0. The van der Waals surface area contributed by atoms with E-state index in [9.17, 15) is 0 Å². The Hall–Kier alpha value is -0.240. The van der Waals surface area contributed by atoms with Crippen molar-refractivity contribution in [2.24, 2.45) is 0 Å². The molecule has 0 aliphatic carbocycles. The van der Waals surface area contributed by atoms with Crippen molar-refractivity contribution >= 4 is 0 Å². The topological polar surface area (TPSA) is 52.2 Å². The van der Waals surface area contributed by atoms with Gasteiger partial charge in [0.05, 0.1) is 46.2 Å². The minimum atomic E-state index is 0.605. The molecule has 0 rings (SSSR count). The van der Waals surface area contributed by atoms with E-state index in [0.29, 0.717) is 39.6 Å². The lowest BCUT2D eigenvalue weighted by Gasteiger charge is -2.10. The molecule has 6 nitrogen and oxygen atoms in total. The Kier molecular flexibility index (Phi) is 15.6. The maximum Gasteiger partial charge on any atom is 0.0701 e. The predicted molar refractivity (Wildman–Crippen MR) is 75.8 cm³/mol. The lowest BCUT2D eigenvalue weighted by atomic mass is 10.5. The average Bonchev–Trinajstić information content (AvgIpc) is 2.39. The molecule has 0 aromatic rings. The van der Waals surface area contributed by atoms with Crippen molar-refractivity contribution in [3.63, 3.8) is 0 Å². The van der Waals surface area contributed by atoms with E-state index >= 15 is 0 Å². The quantitative estimate of drug-likeness (QED) is 0.420. The van der Waals surface area contributed by atoms with Gasteiger partial charge in [-0.15, -0.1) is 0 Å². The Bertz CT molecular complexity index is 171. The monoisotopic (exact) mass is 278 g/mol. The van der Waals surface area contributed by atoms with E-state index in [0.717, 1.165) is 26.2 Å². The summed E-state index contributed by atoms with van der Waals surface area (Å²) in [6.45, 7) is 7.36. The predicted octanol–water partition coefficient (Wildman–Crippen LogP) is -0.166. The van der Waals surface area contributed by atoms with Gasteiger partial charge in [0.1, 0.15) is 0 Å². The highest BCUT2D eigenvalue weighted by Crippen LogP contribution is 1.81. The lowest BCUT2D eigenvalue weighted by Crippen LogP contribution is -2.29. The Morgan fingerprint density at radius 1 is 0.737 bits per heavy atom.